The number of aryl methyl sites for hydroxylation is 1. The van der Waals surface area contributed by atoms with Gasteiger partial charge >= 0.3 is 0 Å². The molecule has 4 heteroatoms. The standard InChI is InChI=1S/C15H14BrClFN/c1-9-3-5-12(16)8-15(9)19-10(2)11-4-6-13(17)14(18)7-11/h3-8,10,19H,1-2H3. The first-order valence-electron chi connectivity index (χ1n) is 5.95. The van der Waals surface area contributed by atoms with E-state index in [4.69, 9.17) is 11.6 Å². The van der Waals surface area contributed by atoms with Crippen LogP contribution in [-0.2, 0) is 0 Å². The summed E-state index contributed by atoms with van der Waals surface area (Å²) in [5, 5.41) is 3.52. The molecule has 2 aromatic carbocycles. The molecule has 2 aromatic rings. The first kappa shape index (κ1) is 14.4. The van der Waals surface area contributed by atoms with E-state index in [1.165, 1.54) is 6.07 Å². The molecule has 0 spiro atoms. The number of nitrogens with one attached hydrogen (secondary N) is 1. The molecule has 0 aliphatic rings. The molecule has 0 aliphatic heterocycles. The monoisotopic (exact) mass is 341 g/mol. The van der Waals surface area contributed by atoms with E-state index in [1.807, 2.05) is 38.1 Å². The minimum atomic E-state index is -0.390. The number of hydrogen-bond donors (Lipinski definition) is 1. The number of benzene rings is 2. The molecule has 0 amide bonds. The summed E-state index contributed by atoms with van der Waals surface area (Å²) in [6.45, 7) is 4.02. The van der Waals surface area contributed by atoms with Gasteiger partial charge in [0.15, 0.2) is 0 Å². The van der Waals surface area contributed by atoms with Gasteiger partial charge in [0.05, 0.1) is 5.02 Å². The molecular formula is C15H14BrClFN. The van der Waals surface area contributed by atoms with E-state index in [9.17, 15) is 4.39 Å². The quantitative estimate of drug-likeness (QED) is 0.752. The maximum atomic E-state index is 13.5. The Kier molecular flexibility index (Phi) is 4.48. The Morgan fingerprint density at radius 1 is 1.21 bits per heavy atom. The fraction of sp³-hybridized carbons (Fsp3) is 0.200. The lowest BCUT2D eigenvalue weighted by atomic mass is 10.1. The van der Waals surface area contributed by atoms with E-state index < -0.39 is 5.82 Å². The Hall–Kier alpha value is -1.06. The van der Waals surface area contributed by atoms with Gasteiger partial charge in [-0.3, -0.25) is 0 Å². The molecule has 1 nitrogen and oxygen atoms in total. The molecule has 0 saturated carbocycles. The Labute approximate surface area is 125 Å². The molecule has 0 radical (unpaired) electrons. The van der Waals surface area contributed by atoms with Crippen molar-refractivity contribution in [2.75, 3.05) is 5.32 Å². The maximum absolute atomic E-state index is 13.5. The highest BCUT2D eigenvalue weighted by Gasteiger charge is 2.09. The van der Waals surface area contributed by atoms with Gasteiger partial charge in [0, 0.05) is 16.2 Å². The molecule has 19 heavy (non-hydrogen) atoms. The van der Waals surface area contributed by atoms with Gasteiger partial charge in [0.2, 0.25) is 0 Å². The lowest BCUT2D eigenvalue weighted by molar-refractivity contribution is 0.624. The van der Waals surface area contributed by atoms with Crippen LogP contribution in [0.2, 0.25) is 5.02 Å². The Bertz CT molecular complexity index is 601. The molecule has 1 N–H and O–H groups in total. The Morgan fingerprint density at radius 2 is 1.95 bits per heavy atom. The van der Waals surface area contributed by atoms with Crippen molar-refractivity contribution in [1.82, 2.24) is 0 Å². The topological polar surface area (TPSA) is 12.0 Å². The summed E-state index contributed by atoms with van der Waals surface area (Å²) >= 11 is 9.14. The van der Waals surface area contributed by atoms with Crippen LogP contribution in [-0.4, -0.2) is 0 Å². The summed E-state index contributed by atoms with van der Waals surface area (Å²) in [4.78, 5) is 0. The summed E-state index contributed by atoms with van der Waals surface area (Å²) in [6.07, 6.45) is 0. The zero-order valence-corrected chi connectivity index (χ0v) is 13.0. The van der Waals surface area contributed by atoms with Gasteiger partial charge in [-0.15, -0.1) is 0 Å². The van der Waals surface area contributed by atoms with Crippen LogP contribution in [0.5, 0.6) is 0 Å². The lowest BCUT2D eigenvalue weighted by Gasteiger charge is -2.18. The van der Waals surface area contributed by atoms with Crippen LogP contribution in [0.4, 0.5) is 10.1 Å². The average molecular weight is 343 g/mol. The van der Waals surface area contributed by atoms with Crippen LogP contribution in [0.1, 0.15) is 24.1 Å². The number of rotatable bonds is 3. The van der Waals surface area contributed by atoms with E-state index in [0.717, 1.165) is 21.3 Å². The van der Waals surface area contributed by atoms with Crippen LogP contribution in [0, 0.1) is 12.7 Å². The second-order valence-corrected chi connectivity index (χ2v) is 5.82. The number of hydrogen-bond acceptors (Lipinski definition) is 1. The average Bonchev–Trinajstić information content (AvgIpc) is 2.37. The first-order chi connectivity index (χ1) is 8.97. The van der Waals surface area contributed by atoms with Crippen molar-refractivity contribution in [2.45, 2.75) is 19.9 Å². The first-order valence-corrected chi connectivity index (χ1v) is 7.12. The van der Waals surface area contributed by atoms with Gasteiger partial charge in [-0.2, -0.15) is 0 Å². The van der Waals surface area contributed by atoms with E-state index >= 15 is 0 Å². The predicted molar refractivity (Wildman–Crippen MR) is 82.3 cm³/mol. The third-order valence-electron chi connectivity index (χ3n) is 3.02. The largest absolute Gasteiger partial charge is 0.378 e. The Morgan fingerprint density at radius 3 is 2.63 bits per heavy atom. The summed E-state index contributed by atoms with van der Waals surface area (Å²) in [6, 6.07) is 10.9. The molecule has 1 unspecified atom stereocenters. The van der Waals surface area contributed by atoms with Gasteiger partial charge in [-0.25, -0.2) is 4.39 Å². The lowest BCUT2D eigenvalue weighted by Crippen LogP contribution is -2.08. The Balaban J connectivity index is 2.22. The third kappa shape index (κ3) is 3.48. The normalized spacial score (nSPS) is 12.3. The highest BCUT2D eigenvalue weighted by Crippen LogP contribution is 2.26. The highest BCUT2D eigenvalue weighted by atomic mass is 79.9. The van der Waals surface area contributed by atoms with Crippen molar-refractivity contribution in [1.29, 1.82) is 0 Å². The molecule has 0 bridgehead atoms. The van der Waals surface area contributed by atoms with Crippen LogP contribution in [0.25, 0.3) is 0 Å². The molecule has 0 fully saturated rings. The van der Waals surface area contributed by atoms with Gasteiger partial charge in [-0.1, -0.05) is 39.7 Å². The fourth-order valence-electron chi connectivity index (χ4n) is 1.85. The van der Waals surface area contributed by atoms with E-state index in [-0.39, 0.29) is 11.1 Å². The van der Waals surface area contributed by atoms with Gasteiger partial charge < -0.3 is 5.32 Å². The smallest absolute Gasteiger partial charge is 0.142 e. The van der Waals surface area contributed by atoms with Crippen LogP contribution < -0.4 is 5.32 Å². The maximum Gasteiger partial charge on any atom is 0.142 e. The van der Waals surface area contributed by atoms with Crippen LogP contribution in [0.15, 0.2) is 40.9 Å². The second-order valence-electron chi connectivity index (χ2n) is 4.50. The minimum Gasteiger partial charge on any atom is -0.378 e. The molecule has 0 aromatic heterocycles. The molecule has 1 atom stereocenters. The van der Waals surface area contributed by atoms with Crippen molar-refractivity contribution in [3.63, 3.8) is 0 Å². The SMILES string of the molecule is Cc1ccc(Br)cc1NC(C)c1ccc(Cl)c(F)c1. The second kappa shape index (κ2) is 5.93. The van der Waals surface area contributed by atoms with Crippen molar-refractivity contribution >= 4 is 33.2 Å². The predicted octanol–water partition coefficient (Wildman–Crippen LogP) is 5.72. The molecule has 0 saturated heterocycles. The van der Waals surface area contributed by atoms with Gasteiger partial charge in [0.1, 0.15) is 5.82 Å². The molecule has 100 valence electrons. The van der Waals surface area contributed by atoms with Crippen LogP contribution >= 0.6 is 27.5 Å². The molecule has 0 heterocycles. The van der Waals surface area contributed by atoms with E-state index in [2.05, 4.69) is 21.2 Å². The summed E-state index contributed by atoms with van der Waals surface area (Å²) in [5.41, 5.74) is 3.03. The summed E-state index contributed by atoms with van der Waals surface area (Å²) in [7, 11) is 0. The van der Waals surface area contributed by atoms with E-state index in [0.29, 0.717) is 0 Å². The van der Waals surface area contributed by atoms with Crippen molar-refractivity contribution in [3.05, 3.63) is 62.8 Å². The summed E-state index contributed by atoms with van der Waals surface area (Å²) in [5.74, 6) is -0.390. The minimum absolute atomic E-state index is 0.000216. The van der Waals surface area contributed by atoms with E-state index in [1.54, 1.807) is 6.07 Å². The summed E-state index contributed by atoms with van der Waals surface area (Å²) < 4.78 is 14.5. The van der Waals surface area contributed by atoms with Gasteiger partial charge in [0.25, 0.3) is 0 Å². The molecular weight excluding hydrogens is 329 g/mol. The van der Waals surface area contributed by atoms with Gasteiger partial charge in [-0.05, 0) is 49.2 Å². The number of halogens is 3. The zero-order valence-electron chi connectivity index (χ0n) is 10.7. The zero-order chi connectivity index (χ0) is 14.0. The highest BCUT2D eigenvalue weighted by molar-refractivity contribution is 9.10. The molecule has 2 rings (SSSR count). The third-order valence-corrected chi connectivity index (χ3v) is 3.82. The fourth-order valence-corrected chi connectivity index (χ4v) is 2.33. The van der Waals surface area contributed by atoms with Crippen LogP contribution in [0.3, 0.4) is 0 Å². The van der Waals surface area contributed by atoms with Crippen molar-refractivity contribution in [3.8, 4) is 0 Å². The van der Waals surface area contributed by atoms with Crippen molar-refractivity contribution in [2.24, 2.45) is 0 Å². The molecule has 0 aliphatic carbocycles. The van der Waals surface area contributed by atoms with Crippen molar-refractivity contribution < 1.29 is 4.39 Å². The number of anilines is 1.